The number of carbonyl (C=O) groups is 3. The predicted molar refractivity (Wildman–Crippen MR) is 185 cm³/mol. The van der Waals surface area contributed by atoms with Gasteiger partial charge in [-0.3, -0.25) is 14.6 Å². The summed E-state index contributed by atoms with van der Waals surface area (Å²) in [6, 6.07) is 14.2. The fourth-order valence-corrected chi connectivity index (χ4v) is 5.49. The highest BCUT2D eigenvalue weighted by Crippen LogP contribution is 2.59. The number of fused-ring (bicyclic) bond motifs is 1. The van der Waals surface area contributed by atoms with E-state index in [1.807, 2.05) is 0 Å². The number of carbonyl (C=O) groups excluding carboxylic acids is 3. The van der Waals surface area contributed by atoms with Crippen LogP contribution in [0.5, 0.6) is 23.0 Å². The molecule has 1 saturated carbocycles. The van der Waals surface area contributed by atoms with E-state index in [-0.39, 0.29) is 40.5 Å². The van der Waals surface area contributed by atoms with Crippen molar-refractivity contribution in [3.63, 3.8) is 0 Å². The largest absolute Gasteiger partial charge is 0.493 e. The number of rotatable bonds is 11. The van der Waals surface area contributed by atoms with E-state index in [9.17, 15) is 18.8 Å². The number of pyridine rings is 1. The molecule has 2 atom stereocenters. The maximum atomic E-state index is 15.3. The Bertz CT molecular complexity index is 1890. The zero-order chi connectivity index (χ0) is 35.5. The molecule has 1 aliphatic carbocycles. The van der Waals surface area contributed by atoms with Crippen molar-refractivity contribution in [3.05, 3.63) is 78.5 Å². The summed E-state index contributed by atoms with van der Waals surface area (Å²) in [4.78, 5) is 42.3. The number of amides is 3. The number of anilines is 2. The van der Waals surface area contributed by atoms with Crippen molar-refractivity contribution in [2.45, 2.75) is 40.2 Å². The van der Waals surface area contributed by atoms with Gasteiger partial charge in [-0.25, -0.2) is 13.6 Å². The Kier molecular flexibility index (Phi) is 9.93. The first kappa shape index (κ1) is 34.9. The smallest absolute Gasteiger partial charge is 0.407 e. The first-order valence-electron chi connectivity index (χ1n) is 15.6. The molecule has 13 heteroatoms. The summed E-state index contributed by atoms with van der Waals surface area (Å²) in [5, 5.41) is 8.55. The second-order valence-electron chi connectivity index (χ2n) is 13.1. The molecule has 49 heavy (non-hydrogen) atoms. The molecule has 11 nitrogen and oxygen atoms in total. The van der Waals surface area contributed by atoms with E-state index < -0.39 is 46.5 Å². The molecular formula is C36H44F2N4O7. The summed E-state index contributed by atoms with van der Waals surface area (Å²) < 4.78 is 51.1. The number of ether oxygens (including phenoxy) is 4. The molecule has 0 aliphatic heterocycles. The summed E-state index contributed by atoms with van der Waals surface area (Å²) >= 11 is 0. The van der Waals surface area contributed by atoms with Gasteiger partial charge in [-0.1, -0.05) is 13.8 Å². The third-order valence-electron chi connectivity index (χ3n) is 7.94. The van der Waals surface area contributed by atoms with Gasteiger partial charge in [0, 0.05) is 39.4 Å². The predicted octanol–water partition coefficient (Wildman–Crippen LogP) is 7.80. The quantitative estimate of drug-likeness (QED) is 0.136. The molecule has 5 rings (SSSR count). The fraction of sp³-hybridized carbons (Fsp3) is 0.333. The Labute approximate surface area is 286 Å². The Morgan fingerprint density at radius 2 is 1.51 bits per heavy atom. The van der Waals surface area contributed by atoms with Crippen LogP contribution in [0.4, 0.5) is 25.0 Å². The third kappa shape index (κ3) is 8.34. The van der Waals surface area contributed by atoms with Crippen molar-refractivity contribution >= 4 is 40.2 Å². The van der Waals surface area contributed by atoms with Gasteiger partial charge in [0.25, 0.3) is 0 Å². The normalized spacial score (nSPS) is 16.3. The molecule has 3 aromatic carbocycles. The van der Waals surface area contributed by atoms with Gasteiger partial charge in [-0.15, -0.1) is 0 Å². The monoisotopic (exact) mass is 682 g/mol. The molecule has 0 radical (unpaired) electrons. The summed E-state index contributed by atoms with van der Waals surface area (Å²) in [6.07, 6.45) is 0.940. The minimum atomic E-state index is -0.735. The van der Waals surface area contributed by atoms with Crippen molar-refractivity contribution in [1.82, 2.24) is 10.3 Å². The molecule has 3 amide bonds. The maximum absolute atomic E-state index is 15.3. The van der Waals surface area contributed by atoms with Gasteiger partial charge in [-0.2, -0.15) is 0 Å². The van der Waals surface area contributed by atoms with E-state index in [0.717, 1.165) is 6.07 Å². The number of hydrogen-bond donors (Lipinski definition) is 3. The second-order valence-corrected chi connectivity index (χ2v) is 13.1. The lowest BCUT2D eigenvalue weighted by molar-refractivity contribution is -0.122. The number of benzene rings is 3. The van der Waals surface area contributed by atoms with E-state index in [2.05, 4.69) is 20.9 Å². The molecule has 0 unspecified atom stereocenters. The Morgan fingerprint density at radius 1 is 0.857 bits per heavy atom. The van der Waals surface area contributed by atoms with Gasteiger partial charge in [0.15, 0.2) is 23.1 Å². The summed E-state index contributed by atoms with van der Waals surface area (Å²) in [6.45, 7) is 9.18. The van der Waals surface area contributed by atoms with Crippen LogP contribution in [0.1, 0.15) is 38.9 Å². The van der Waals surface area contributed by atoms with E-state index in [1.54, 1.807) is 52.8 Å². The Morgan fingerprint density at radius 3 is 2.14 bits per heavy atom. The number of methoxy groups -OCH3 is 1. The molecule has 4 aromatic rings. The average Bonchev–Trinajstić information content (AvgIpc) is 3.62. The zero-order valence-electron chi connectivity index (χ0n) is 28.0. The summed E-state index contributed by atoms with van der Waals surface area (Å²) in [5.41, 5.74) is -0.159. The van der Waals surface area contributed by atoms with Crippen LogP contribution in [0.25, 0.3) is 10.9 Å². The van der Waals surface area contributed by atoms with Gasteiger partial charge in [-0.05, 0) is 74.7 Å². The lowest BCUT2D eigenvalue weighted by atomic mass is 10.1. The molecule has 264 valence electrons. The number of hydrogen-bond acceptors (Lipinski definition) is 8. The standard InChI is InChI=1S/C36H38F2N4O7.3H2/c1-35(2,3)49-34(45)40-15-16-47-29-18-23-25(19-28(29)46-6)39-14-13-26(23)48-27-12-11-22(17-24(27)38)42-33(44)31-30(36(31,4)5)32(43)41-21-9-7-20(37)8-10-21;;;/h7-14,17-19,30-31H,15-16H2,1-6H3,(H,40,45)(H,41,43)(H,42,44);3*1H/t30-,31+;;;/m0.../s1. The highest BCUT2D eigenvalue weighted by molar-refractivity contribution is 6.04. The van der Waals surface area contributed by atoms with Gasteiger partial charge >= 0.3 is 6.09 Å². The number of aromatic nitrogens is 1. The van der Waals surface area contributed by atoms with Crippen molar-refractivity contribution < 1.29 is 46.4 Å². The van der Waals surface area contributed by atoms with Gasteiger partial charge in [0.05, 0.1) is 31.0 Å². The van der Waals surface area contributed by atoms with Gasteiger partial charge in [0.1, 0.15) is 23.8 Å². The number of halogens is 2. The van der Waals surface area contributed by atoms with Crippen LogP contribution in [-0.4, -0.2) is 48.8 Å². The molecule has 0 saturated heterocycles. The van der Waals surface area contributed by atoms with Crippen LogP contribution in [0, 0.1) is 28.9 Å². The van der Waals surface area contributed by atoms with Crippen LogP contribution in [-0.2, 0) is 14.3 Å². The zero-order valence-corrected chi connectivity index (χ0v) is 28.0. The summed E-state index contributed by atoms with van der Waals surface area (Å²) in [7, 11) is 1.48. The van der Waals surface area contributed by atoms with Crippen LogP contribution in [0.3, 0.4) is 0 Å². The average molecular weight is 683 g/mol. The Hall–Kier alpha value is -5.46. The fourth-order valence-electron chi connectivity index (χ4n) is 5.49. The van der Waals surface area contributed by atoms with Gasteiger partial charge in [0.2, 0.25) is 11.8 Å². The van der Waals surface area contributed by atoms with Crippen molar-refractivity contribution in [1.29, 1.82) is 0 Å². The first-order chi connectivity index (χ1) is 23.2. The molecule has 1 fully saturated rings. The third-order valence-corrected chi connectivity index (χ3v) is 7.94. The van der Waals surface area contributed by atoms with E-state index in [0.29, 0.717) is 28.1 Å². The number of nitrogens with one attached hydrogen (secondary N) is 3. The molecular weight excluding hydrogens is 638 g/mol. The maximum Gasteiger partial charge on any atom is 0.407 e. The lowest BCUT2D eigenvalue weighted by Crippen LogP contribution is -2.34. The van der Waals surface area contributed by atoms with Crippen molar-refractivity contribution in [3.8, 4) is 23.0 Å². The van der Waals surface area contributed by atoms with E-state index >= 15 is 4.39 Å². The van der Waals surface area contributed by atoms with Crippen LogP contribution >= 0.6 is 0 Å². The highest BCUT2D eigenvalue weighted by Gasteiger charge is 2.65. The highest BCUT2D eigenvalue weighted by atomic mass is 19.1. The van der Waals surface area contributed by atoms with E-state index in [1.165, 1.54) is 49.7 Å². The number of nitrogens with zero attached hydrogens (tertiary/aromatic N) is 1. The van der Waals surface area contributed by atoms with Crippen molar-refractivity contribution in [2.75, 3.05) is 30.9 Å². The minimum absolute atomic E-state index is 0. The van der Waals surface area contributed by atoms with Crippen LogP contribution in [0.2, 0.25) is 0 Å². The van der Waals surface area contributed by atoms with Gasteiger partial charge < -0.3 is 34.9 Å². The van der Waals surface area contributed by atoms with E-state index in [4.69, 9.17) is 18.9 Å². The van der Waals surface area contributed by atoms with Crippen molar-refractivity contribution in [2.24, 2.45) is 17.3 Å². The summed E-state index contributed by atoms with van der Waals surface area (Å²) in [5.74, 6) is -2.30. The number of alkyl carbamates (subject to hydrolysis) is 1. The molecule has 3 N–H and O–H groups in total. The SMILES string of the molecule is COc1cc2nccc(Oc3ccc(NC(=O)[C@H]4[C@@H](C(=O)Nc5ccc(F)cc5)C4(C)C)cc3F)c2cc1OCCNC(=O)OC(C)(C)C.[HH].[HH].[HH]. The van der Waals surface area contributed by atoms with Crippen LogP contribution in [0.15, 0.2) is 66.9 Å². The second kappa shape index (κ2) is 14.0. The molecule has 1 aliphatic rings. The topological polar surface area (TPSA) is 137 Å². The molecule has 0 bridgehead atoms. The molecule has 1 aromatic heterocycles. The molecule has 0 spiro atoms. The molecule has 1 heterocycles. The lowest BCUT2D eigenvalue weighted by Gasteiger charge is -2.19. The Balaban J connectivity index is 0.00000312. The first-order valence-corrected chi connectivity index (χ1v) is 15.6. The van der Waals surface area contributed by atoms with Crippen LogP contribution < -0.4 is 30.2 Å². The minimum Gasteiger partial charge on any atom is -0.493 e.